The fraction of sp³-hybridized carbons (Fsp3) is 0.167. The molecule has 0 fully saturated rings. The molecule has 3 heterocycles. The van der Waals surface area contributed by atoms with Gasteiger partial charge in [0, 0.05) is 41.4 Å². The summed E-state index contributed by atoms with van der Waals surface area (Å²) in [6.45, 7) is 2.83. The average molecular weight is 444 g/mol. The summed E-state index contributed by atoms with van der Waals surface area (Å²) in [6, 6.07) is 18.5. The number of hydrogen-bond donors (Lipinski definition) is 1. The van der Waals surface area contributed by atoms with Crippen molar-refractivity contribution in [3.63, 3.8) is 0 Å². The lowest BCUT2D eigenvalue weighted by Gasteiger charge is -2.09. The van der Waals surface area contributed by atoms with Gasteiger partial charge in [-0.3, -0.25) is 9.59 Å². The Morgan fingerprint density at radius 2 is 1.72 bits per heavy atom. The second-order valence-electron chi connectivity index (χ2n) is 7.66. The van der Waals surface area contributed by atoms with E-state index in [4.69, 9.17) is 0 Å². The summed E-state index contributed by atoms with van der Waals surface area (Å²) in [7, 11) is 0. The Morgan fingerprint density at radius 3 is 2.47 bits per heavy atom. The fourth-order valence-electron chi connectivity index (χ4n) is 3.55. The van der Waals surface area contributed by atoms with Gasteiger partial charge in [0.25, 0.3) is 5.56 Å². The zero-order valence-electron chi connectivity index (χ0n) is 17.5. The minimum atomic E-state index is -0.322. The van der Waals surface area contributed by atoms with Crippen LogP contribution in [0.15, 0.2) is 76.8 Å². The number of imidazole rings is 1. The number of nitrogens with one attached hydrogen (secondary N) is 1. The highest BCUT2D eigenvalue weighted by molar-refractivity contribution is 7.99. The van der Waals surface area contributed by atoms with Crippen LogP contribution in [0.1, 0.15) is 5.56 Å². The maximum atomic E-state index is 12.5. The van der Waals surface area contributed by atoms with Gasteiger partial charge in [0.05, 0.1) is 11.4 Å². The fourth-order valence-corrected chi connectivity index (χ4v) is 4.49. The van der Waals surface area contributed by atoms with Crippen molar-refractivity contribution in [3.05, 3.63) is 82.8 Å². The molecule has 2 aromatic carbocycles. The van der Waals surface area contributed by atoms with Crippen molar-refractivity contribution in [1.29, 1.82) is 0 Å². The van der Waals surface area contributed by atoms with Crippen LogP contribution in [0, 0.1) is 6.92 Å². The molecule has 160 valence electrons. The third-order valence-electron chi connectivity index (χ3n) is 5.28. The molecule has 8 heteroatoms. The van der Waals surface area contributed by atoms with Crippen LogP contribution in [0.4, 0.5) is 5.69 Å². The monoisotopic (exact) mass is 443 g/mol. The predicted octanol–water partition coefficient (Wildman–Crippen LogP) is 3.83. The molecule has 0 bridgehead atoms. The van der Waals surface area contributed by atoms with E-state index in [0.717, 1.165) is 39.8 Å². The molecule has 0 saturated heterocycles. The number of nitrogens with zero attached hydrogens (tertiary/aromatic N) is 4. The van der Waals surface area contributed by atoms with Gasteiger partial charge in [-0.1, -0.05) is 53.7 Å². The lowest BCUT2D eigenvalue weighted by atomic mass is 10.1. The van der Waals surface area contributed by atoms with E-state index in [0.29, 0.717) is 11.4 Å². The summed E-state index contributed by atoms with van der Waals surface area (Å²) in [4.78, 5) is 29.4. The first kappa shape index (κ1) is 20.3. The molecule has 1 aliphatic rings. The van der Waals surface area contributed by atoms with E-state index < -0.39 is 0 Å². The van der Waals surface area contributed by atoms with Crippen molar-refractivity contribution >= 4 is 23.4 Å². The standard InChI is InChI=1S/C24H21N5O2S/c1-16-2-4-17(5-3-16)20-10-11-23(31)29(27-20)15-22(30)25-19-8-6-18(7-9-19)21-14-28-12-13-32-24(28)26-21/h2-11,14H,12-13,15H2,1H3,(H,25,30). The topological polar surface area (TPSA) is 81.8 Å². The molecule has 1 amide bonds. The molecule has 0 radical (unpaired) electrons. The van der Waals surface area contributed by atoms with Crippen LogP contribution in [0.2, 0.25) is 0 Å². The lowest BCUT2D eigenvalue weighted by molar-refractivity contribution is -0.117. The average Bonchev–Trinajstić information content (AvgIpc) is 3.39. The molecule has 2 aromatic heterocycles. The molecule has 1 N–H and O–H groups in total. The van der Waals surface area contributed by atoms with Crippen molar-refractivity contribution in [1.82, 2.24) is 19.3 Å². The number of hydrogen-bond acceptors (Lipinski definition) is 5. The maximum Gasteiger partial charge on any atom is 0.267 e. The smallest absolute Gasteiger partial charge is 0.267 e. The van der Waals surface area contributed by atoms with Gasteiger partial charge >= 0.3 is 0 Å². The van der Waals surface area contributed by atoms with Gasteiger partial charge < -0.3 is 9.88 Å². The molecule has 0 atom stereocenters. The number of anilines is 1. The molecule has 32 heavy (non-hydrogen) atoms. The highest BCUT2D eigenvalue weighted by Crippen LogP contribution is 2.29. The van der Waals surface area contributed by atoms with Gasteiger partial charge in [-0.2, -0.15) is 5.10 Å². The predicted molar refractivity (Wildman–Crippen MR) is 126 cm³/mol. The van der Waals surface area contributed by atoms with E-state index in [2.05, 4.69) is 26.2 Å². The molecule has 7 nitrogen and oxygen atoms in total. The van der Waals surface area contributed by atoms with Crippen molar-refractivity contribution in [3.8, 4) is 22.5 Å². The van der Waals surface area contributed by atoms with E-state index in [1.54, 1.807) is 17.8 Å². The van der Waals surface area contributed by atoms with Gasteiger partial charge in [-0.15, -0.1) is 0 Å². The van der Waals surface area contributed by atoms with E-state index in [1.807, 2.05) is 55.5 Å². The SMILES string of the molecule is Cc1ccc(-c2ccc(=O)n(CC(=O)Nc3ccc(-c4cn5c(n4)SCC5)cc3)n2)cc1. The minimum Gasteiger partial charge on any atom is -0.325 e. The Morgan fingerprint density at radius 1 is 1.00 bits per heavy atom. The highest BCUT2D eigenvalue weighted by Gasteiger charge is 2.15. The van der Waals surface area contributed by atoms with Gasteiger partial charge in [0.15, 0.2) is 5.16 Å². The third-order valence-corrected chi connectivity index (χ3v) is 6.25. The van der Waals surface area contributed by atoms with Gasteiger partial charge in [0.2, 0.25) is 5.91 Å². The quantitative estimate of drug-likeness (QED) is 0.507. The Bertz CT molecular complexity index is 1320. The Balaban J connectivity index is 1.27. The summed E-state index contributed by atoms with van der Waals surface area (Å²) in [5.41, 5.74) is 4.93. The zero-order valence-corrected chi connectivity index (χ0v) is 18.3. The second-order valence-corrected chi connectivity index (χ2v) is 8.72. The second kappa shape index (κ2) is 8.47. The summed E-state index contributed by atoms with van der Waals surface area (Å²) in [5.74, 6) is 0.755. The number of fused-ring (bicyclic) bond motifs is 1. The molecule has 0 aliphatic carbocycles. The zero-order chi connectivity index (χ0) is 22.1. The van der Waals surface area contributed by atoms with Crippen LogP contribution in [-0.4, -0.2) is 31.0 Å². The number of carbonyl (C=O) groups excluding carboxylic acids is 1. The molecule has 4 aromatic rings. The summed E-state index contributed by atoms with van der Waals surface area (Å²) in [5, 5.41) is 8.24. The lowest BCUT2D eigenvalue weighted by Crippen LogP contribution is -2.29. The number of amides is 1. The first-order chi connectivity index (χ1) is 15.5. The van der Waals surface area contributed by atoms with E-state index in [9.17, 15) is 9.59 Å². The van der Waals surface area contributed by atoms with Crippen LogP contribution < -0.4 is 10.9 Å². The first-order valence-corrected chi connectivity index (χ1v) is 11.3. The number of carbonyl (C=O) groups is 1. The van der Waals surface area contributed by atoms with Gasteiger partial charge in [0.1, 0.15) is 6.54 Å². The third kappa shape index (κ3) is 4.22. The van der Waals surface area contributed by atoms with Crippen LogP contribution in [0.25, 0.3) is 22.5 Å². The van der Waals surface area contributed by atoms with Crippen LogP contribution in [0.5, 0.6) is 0 Å². The molecule has 0 unspecified atom stereocenters. The largest absolute Gasteiger partial charge is 0.325 e. The Labute approximate surface area is 189 Å². The molecule has 1 aliphatic heterocycles. The number of benzene rings is 2. The van der Waals surface area contributed by atoms with Crippen molar-refractivity contribution in [2.75, 3.05) is 11.1 Å². The molecule has 0 saturated carbocycles. The van der Waals surface area contributed by atoms with E-state index >= 15 is 0 Å². The summed E-state index contributed by atoms with van der Waals surface area (Å²) >= 11 is 1.76. The maximum absolute atomic E-state index is 12.5. The Hall–Kier alpha value is -3.65. The highest BCUT2D eigenvalue weighted by atomic mass is 32.2. The normalized spacial score (nSPS) is 12.5. The van der Waals surface area contributed by atoms with E-state index in [1.165, 1.54) is 10.7 Å². The Kier molecular flexibility index (Phi) is 5.36. The minimum absolute atomic E-state index is 0.161. The number of aryl methyl sites for hydroxylation is 2. The van der Waals surface area contributed by atoms with Crippen molar-refractivity contribution in [2.24, 2.45) is 0 Å². The van der Waals surface area contributed by atoms with Crippen LogP contribution in [0.3, 0.4) is 0 Å². The molecule has 5 rings (SSSR count). The number of aromatic nitrogens is 4. The van der Waals surface area contributed by atoms with Crippen LogP contribution >= 0.6 is 11.8 Å². The van der Waals surface area contributed by atoms with E-state index in [-0.39, 0.29) is 18.0 Å². The van der Waals surface area contributed by atoms with Gasteiger partial charge in [-0.25, -0.2) is 9.67 Å². The molecular weight excluding hydrogens is 422 g/mol. The van der Waals surface area contributed by atoms with Crippen molar-refractivity contribution < 1.29 is 4.79 Å². The number of thioether (sulfide) groups is 1. The summed E-state index contributed by atoms with van der Waals surface area (Å²) < 4.78 is 3.34. The number of rotatable bonds is 5. The van der Waals surface area contributed by atoms with Crippen molar-refractivity contribution in [2.45, 2.75) is 25.2 Å². The summed E-state index contributed by atoms with van der Waals surface area (Å²) in [6.07, 6.45) is 2.06. The molecular formula is C24H21N5O2S. The first-order valence-electron chi connectivity index (χ1n) is 10.3. The van der Waals surface area contributed by atoms with Crippen LogP contribution in [-0.2, 0) is 17.9 Å². The molecule has 0 spiro atoms. The van der Waals surface area contributed by atoms with Gasteiger partial charge in [-0.05, 0) is 25.1 Å².